The first kappa shape index (κ1) is 78.9. The number of para-hydroxylation sites is 2. The molecule has 10 nitrogen and oxygen atoms in total. The summed E-state index contributed by atoms with van der Waals surface area (Å²) < 4.78 is 18.6. The standard InChI is InChI=1S/C42H23N3OS.2C42H23N3S2/c1-2-13-26-24(10-1)22-23-33-37(26)30-17-7-11-25-12-8-19-32(36(25)30)45(33)42-43-38-29-15-4-6-21-35(29)47-41(38)39(44-42)31-18-9-16-28-27-14-3-5-20-34(27)46-40(28)31;1-2-13-26-24(10-1)22-23-32-37(26)29-16-7-11-25-12-8-18-31(36(25)29)45(32)42-43-39-28-15-4-6-20-34(28)47-41(39)40(44-42)30-17-9-21-35-38(30)27-14-3-5-19-33(27)46-35;1-2-12-27-24(9-1)19-21-33-38(27)30-15-7-10-25-11-8-16-32(37(25)30)45(33)42-43-39(41-40(44-42)29-14-4-6-18-35(29)47-41)26-20-22-36-31(23-26)28-13-3-5-17-34(28)46-36/h3*1-23H. The first-order valence-electron chi connectivity index (χ1n) is 47.3. The summed E-state index contributed by atoms with van der Waals surface area (Å²) in [6, 6.07) is 150. The topological polar surface area (TPSA) is 100 Å². The van der Waals surface area contributed by atoms with Crippen LogP contribution in [0.5, 0.6) is 0 Å². The molecule has 33 rings (SSSR count). The van der Waals surface area contributed by atoms with Crippen LogP contribution in [-0.4, -0.2) is 29.9 Å². The first-order valence-corrected chi connectivity index (χ1v) is 51.3. The zero-order valence-corrected chi connectivity index (χ0v) is 78.9. The molecule has 30 aromatic rings. The SMILES string of the molecule is c1ccc2c3c(ccc2c1)N(c1nc(-c2ccc4sc5ccccc5c4c2)c2sc4ccccc4c2n1)c1cccc2cccc-3c12.c1ccc2c3c(ccc2c1)N(c1nc(-c2cccc4c2oc2ccccc24)c2sc4ccccc4c2n1)c1cccc2cccc-3c12.c1ccc2c3c(ccc2c1)N(c1nc(-c2cccc4sc5ccccc5c24)c2sc4ccccc4c2n1)c1cccc2cccc-3c12. The fourth-order valence-electron chi connectivity index (χ4n) is 22.7. The van der Waals surface area contributed by atoms with E-state index in [2.05, 4.69) is 421 Å². The number of fused-ring (bicyclic) bond motifs is 30. The molecule has 141 heavy (non-hydrogen) atoms. The van der Waals surface area contributed by atoms with Gasteiger partial charge in [-0.15, -0.1) is 56.7 Å². The van der Waals surface area contributed by atoms with Gasteiger partial charge in [0.2, 0.25) is 17.8 Å². The van der Waals surface area contributed by atoms with Crippen molar-refractivity contribution in [3.63, 3.8) is 0 Å². The number of aromatic nitrogens is 6. The molecule has 3 aliphatic heterocycles. The third kappa shape index (κ3) is 11.8. The van der Waals surface area contributed by atoms with Crippen LogP contribution in [0.2, 0.25) is 0 Å². The fourth-order valence-corrected chi connectivity index (χ4v) is 28.4. The Morgan fingerprint density at radius 2 is 0.518 bits per heavy atom. The van der Waals surface area contributed by atoms with Crippen molar-refractivity contribution < 1.29 is 4.42 Å². The van der Waals surface area contributed by atoms with E-state index < -0.39 is 0 Å². The number of rotatable bonds is 6. The van der Waals surface area contributed by atoms with Crippen LogP contribution in [0.3, 0.4) is 0 Å². The van der Waals surface area contributed by atoms with E-state index in [1.54, 1.807) is 34.0 Å². The van der Waals surface area contributed by atoms with Gasteiger partial charge in [0.1, 0.15) is 11.2 Å². The number of benzene rings is 21. The second-order valence-electron chi connectivity index (χ2n) is 36.4. The molecule has 0 radical (unpaired) electrons. The van der Waals surface area contributed by atoms with Gasteiger partial charge in [-0.1, -0.05) is 322 Å². The van der Waals surface area contributed by atoms with Crippen LogP contribution in [0.4, 0.5) is 52.0 Å². The van der Waals surface area contributed by atoms with E-state index in [0.29, 0.717) is 17.8 Å². The summed E-state index contributed by atoms with van der Waals surface area (Å²) in [6.07, 6.45) is 0. The number of hydrogen-bond donors (Lipinski definition) is 0. The van der Waals surface area contributed by atoms with Crippen molar-refractivity contribution in [1.82, 2.24) is 29.9 Å². The maximum Gasteiger partial charge on any atom is 0.235 e. The Labute approximate surface area is 824 Å². The minimum atomic E-state index is 0.641. The van der Waals surface area contributed by atoms with Gasteiger partial charge in [-0.2, -0.15) is 0 Å². The Balaban J connectivity index is 0.0000000972. The Morgan fingerprint density at radius 3 is 1.00 bits per heavy atom. The van der Waals surface area contributed by atoms with Crippen LogP contribution in [-0.2, 0) is 0 Å². The summed E-state index contributed by atoms with van der Waals surface area (Å²) in [4.78, 5) is 39.8. The highest BCUT2D eigenvalue weighted by Gasteiger charge is 2.36. The monoisotopic (exact) mass is 1880 g/mol. The third-order valence-electron chi connectivity index (χ3n) is 28.8. The molecule has 654 valence electrons. The van der Waals surface area contributed by atoms with Gasteiger partial charge < -0.3 is 4.42 Å². The van der Waals surface area contributed by atoms with Crippen molar-refractivity contribution in [2.24, 2.45) is 0 Å². The zero-order valence-electron chi connectivity index (χ0n) is 74.8. The molecule has 0 atom stereocenters. The molecule has 0 spiro atoms. The van der Waals surface area contributed by atoms with Crippen molar-refractivity contribution in [3.8, 4) is 67.2 Å². The summed E-state index contributed by atoms with van der Waals surface area (Å²) in [5, 5.41) is 25.3. The highest BCUT2D eigenvalue weighted by Crippen LogP contribution is 2.60. The average Bonchev–Trinajstić information content (AvgIpc) is 1.34. The Hall–Kier alpha value is -17.3. The average molecular weight is 1890 g/mol. The second kappa shape index (κ2) is 30.6. The lowest BCUT2D eigenvalue weighted by atomic mass is 9.88. The maximum absolute atomic E-state index is 6.57. The van der Waals surface area contributed by atoms with Crippen LogP contribution in [0.15, 0.2) is 423 Å². The number of furan rings is 1. The summed E-state index contributed by atoms with van der Waals surface area (Å²) >= 11 is 8.99. The molecule has 3 aliphatic rings. The molecule has 0 N–H and O–H groups in total. The van der Waals surface area contributed by atoms with Crippen molar-refractivity contribution in [2.75, 3.05) is 14.7 Å². The zero-order chi connectivity index (χ0) is 91.9. The van der Waals surface area contributed by atoms with Gasteiger partial charge in [-0.25, -0.2) is 29.9 Å². The summed E-state index contributed by atoms with van der Waals surface area (Å²) in [6.45, 7) is 0. The fraction of sp³-hybridized carbons (Fsp3) is 0. The Kier molecular flexibility index (Phi) is 17.1. The highest BCUT2D eigenvalue weighted by atomic mass is 32.1. The quantitative estimate of drug-likeness (QED) is 0.160. The molecule has 15 heteroatoms. The minimum absolute atomic E-state index is 0.641. The normalized spacial score (nSPS) is 12.6. The van der Waals surface area contributed by atoms with E-state index in [1.807, 2.05) is 34.8 Å². The summed E-state index contributed by atoms with van der Waals surface area (Å²) in [5.41, 5.74) is 24.6. The van der Waals surface area contributed by atoms with E-state index in [9.17, 15) is 0 Å². The maximum atomic E-state index is 6.57. The van der Waals surface area contributed by atoms with Crippen molar-refractivity contribution >= 4 is 296 Å². The number of anilines is 9. The van der Waals surface area contributed by atoms with Crippen molar-refractivity contribution in [3.05, 3.63) is 419 Å². The van der Waals surface area contributed by atoms with Crippen LogP contribution >= 0.6 is 56.7 Å². The van der Waals surface area contributed by atoms with E-state index in [-0.39, 0.29) is 0 Å². The minimum Gasteiger partial charge on any atom is -0.455 e. The molecule has 0 saturated carbocycles. The molecule has 0 aliphatic carbocycles. The predicted octanol–water partition coefficient (Wildman–Crippen LogP) is 37.4. The molecule has 0 bridgehead atoms. The van der Waals surface area contributed by atoms with Gasteiger partial charge in [0, 0.05) is 131 Å². The second-order valence-corrected chi connectivity index (χ2v) is 41.7. The third-order valence-corrected chi connectivity index (χ3v) is 34.6. The van der Waals surface area contributed by atoms with Gasteiger partial charge in [0.05, 0.1) is 81.9 Å². The molecule has 12 heterocycles. The van der Waals surface area contributed by atoms with E-state index in [1.165, 1.54) is 152 Å². The molecular weight excluding hydrogens is 1820 g/mol. The lowest BCUT2D eigenvalue weighted by Gasteiger charge is -2.33. The van der Waals surface area contributed by atoms with Gasteiger partial charge >= 0.3 is 0 Å². The van der Waals surface area contributed by atoms with Gasteiger partial charge in [0.25, 0.3) is 0 Å². The Bertz CT molecular complexity index is 10700. The summed E-state index contributed by atoms with van der Waals surface area (Å²) in [7, 11) is 0. The van der Waals surface area contributed by atoms with E-state index in [4.69, 9.17) is 34.3 Å². The smallest absolute Gasteiger partial charge is 0.235 e. The lowest BCUT2D eigenvalue weighted by Crippen LogP contribution is -2.18. The highest BCUT2D eigenvalue weighted by molar-refractivity contribution is 7.28. The molecule has 0 unspecified atom stereocenters. The first-order chi connectivity index (χ1) is 69.9. The van der Waals surface area contributed by atoms with Crippen molar-refractivity contribution in [2.45, 2.75) is 0 Å². The van der Waals surface area contributed by atoms with Gasteiger partial charge in [0.15, 0.2) is 0 Å². The van der Waals surface area contributed by atoms with Crippen LogP contribution < -0.4 is 14.7 Å². The summed E-state index contributed by atoms with van der Waals surface area (Å²) in [5.74, 6) is 2.01. The number of hydrogen-bond acceptors (Lipinski definition) is 15. The van der Waals surface area contributed by atoms with E-state index >= 15 is 0 Å². The molecular formula is C126H69N9OS5. The predicted molar refractivity (Wildman–Crippen MR) is 600 cm³/mol. The number of thiophene rings is 5. The molecule has 9 aromatic heterocycles. The molecule has 21 aromatic carbocycles. The van der Waals surface area contributed by atoms with Gasteiger partial charge in [-0.05, 0) is 162 Å². The number of nitrogens with zero attached hydrogens (tertiary/aromatic N) is 9. The van der Waals surface area contributed by atoms with Crippen LogP contribution in [0, 0.1) is 0 Å². The molecule has 0 saturated heterocycles. The largest absolute Gasteiger partial charge is 0.455 e. The Morgan fingerprint density at radius 1 is 0.191 bits per heavy atom. The molecule has 0 fully saturated rings. The van der Waals surface area contributed by atoms with E-state index in [0.717, 1.165) is 137 Å². The van der Waals surface area contributed by atoms with Crippen LogP contribution in [0.25, 0.3) is 255 Å². The lowest BCUT2D eigenvalue weighted by molar-refractivity contribution is 0.670. The van der Waals surface area contributed by atoms with Gasteiger partial charge in [-0.3, -0.25) is 14.7 Å². The van der Waals surface area contributed by atoms with Crippen molar-refractivity contribution in [1.29, 1.82) is 0 Å². The molecule has 0 amide bonds. The van der Waals surface area contributed by atoms with Crippen LogP contribution in [0.1, 0.15) is 0 Å².